The third-order valence-corrected chi connectivity index (χ3v) is 1.21. The van der Waals surface area contributed by atoms with Crippen LogP contribution >= 0.6 is 11.6 Å². The van der Waals surface area contributed by atoms with E-state index in [2.05, 4.69) is 0 Å². The van der Waals surface area contributed by atoms with Crippen molar-refractivity contribution in [2.24, 2.45) is 0 Å². The Morgan fingerprint density at radius 2 is 2.00 bits per heavy atom. The minimum absolute atomic E-state index is 0. The molecule has 0 aliphatic heterocycles. The van der Waals surface area contributed by atoms with Gasteiger partial charge in [0.25, 0.3) is 0 Å². The zero-order valence-corrected chi connectivity index (χ0v) is 8.35. The second-order valence-corrected chi connectivity index (χ2v) is 2.12. The molecule has 0 aliphatic rings. The van der Waals surface area contributed by atoms with Crippen molar-refractivity contribution >= 4 is 17.3 Å². The third kappa shape index (κ3) is 2.39. The van der Waals surface area contributed by atoms with Crippen LogP contribution in [0.15, 0.2) is 18.2 Å². The van der Waals surface area contributed by atoms with E-state index in [1.165, 1.54) is 18.2 Å². The maximum Gasteiger partial charge on any atom is 1.00 e. The molecule has 0 unspecified atom stereocenters. The summed E-state index contributed by atoms with van der Waals surface area (Å²) < 4.78 is 0. The molecule has 1 aromatic rings. The Kier molecular flexibility index (Phi) is 4.13. The van der Waals surface area contributed by atoms with E-state index in [1.807, 2.05) is 0 Å². The number of benzene rings is 1. The zero-order valence-electron chi connectivity index (χ0n) is 5.60. The molecule has 10 heavy (non-hydrogen) atoms. The fourth-order valence-corrected chi connectivity index (χ4v) is 0.700. The van der Waals surface area contributed by atoms with Gasteiger partial charge in [-0.25, -0.2) is 0 Å². The Morgan fingerprint density at radius 1 is 1.40 bits per heavy atom. The second kappa shape index (κ2) is 4.09. The summed E-state index contributed by atoms with van der Waals surface area (Å²) in [6.45, 7) is 0. The average Bonchev–Trinajstić information content (AvgIpc) is 1.80. The molecule has 1 aromatic carbocycles. The van der Waals surface area contributed by atoms with Gasteiger partial charge in [0.2, 0.25) is 0 Å². The molecular formula is C6H5ClNNaO. The Balaban J connectivity index is 0.000000810. The van der Waals surface area contributed by atoms with Gasteiger partial charge < -0.3 is 10.8 Å². The number of halogens is 1. The van der Waals surface area contributed by atoms with Crippen LogP contribution in [0, 0.1) is 0 Å². The van der Waals surface area contributed by atoms with Crippen LogP contribution in [0.2, 0.25) is 5.02 Å². The first-order valence-electron chi connectivity index (χ1n) is 2.42. The fourth-order valence-electron chi connectivity index (χ4n) is 0.519. The molecule has 0 spiro atoms. The van der Waals surface area contributed by atoms with Gasteiger partial charge in [0.1, 0.15) is 0 Å². The van der Waals surface area contributed by atoms with E-state index in [0.717, 1.165) is 0 Å². The van der Waals surface area contributed by atoms with Gasteiger partial charge in [0.05, 0.1) is 0 Å². The third-order valence-electron chi connectivity index (χ3n) is 0.972. The predicted octanol–water partition coefficient (Wildman–Crippen LogP) is -2.00. The average molecular weight is 166 g/mol. The number of hydrogen-bond donors (Lipinski definition) is 1. The first-order chi connectivity index (χ1) is 4.20. The van der Waals surface area contributed by atoms with Crippen LogP contribution in [-0.4, -0.2) is 0 Å². The normalized spacial score (nSPS) is 8.50. The summed E-state index contributed by atoms with van der Waals surface area (Å²) in [5, 5.41) is 11.1. The molecule has 0 atom stereocenters. The molecule has 0 aromatic heterocycles. The second-order valence-electron chi connectivity index (χ2n) is 1.68. The molecule has 4 heteroatoms. The van der Waals surface area contributed by atoms with Crippen molar-refractivity contribution in [1.82, 2.24) is 0 Å². The van der Waals surface area contributed by atoms with Crippen molar-refractivity contribution in [3.8, 4) is 5.75 Å². The largest absolute Gasteiger partial charge is 1.00 e. The van der Waals surface area contributed by atoms with Gasteiger partial charge in [-0.2, -0.15) is 0 Å². The van der Waals surface area contributed by atoms with Crippen LogP contribution < -0.4 is 40.4 Å². The van der Waals surface area contributed by atoms with Gasteiger partial charge in [0, 0.05) is 10.7 Å². The monoisotopic (exact) mass is 165 g/mol. The molecule has 1 rings (SSSR count). The van der Waals surface area contributed by atoms with Crippen molar-refractivity contribution in [2.75, 3.05) is 5.73 Å². The van der Waals surface area contributed by atoms with E-state index in [1.54, 1.807) is 0 Å². The molecule has 0 radical (unpaired) electrons. The Bertz CT molecular complexity index is 229. The van der Waals surface area contributed by atoms with E-state index >= 15 is 0 Å². The van der Waals surface area contributed by atoms with E-state index in [0.29, 0.717) is 5.02 Å². The van der Waals surface area contributed by atoms with Crippen molar-refractivity contribution in [2.45, 2.75) is 0 Å². The van der Waals surface area contributed by atoms with E-state index in [-0.39, 0.29) is 41.0 Å². The summed E-state index contributed by atoms with van der Waals surface area (Å²) in [5.74, 6) is -0.181. The molecule has 0 amide bonds. The van der Waals surface area contributed by atoms with Crippen LogP contribution in [0.25, 0.3) is 0 Å². The topological polar surface area (TPSA) is 49.1 Å². The van der Waals surface area contributed by atoms with Crippen LogP contribution in [0.5, 0.6) is 5.75 Å². The fraction of sp³-hybridized carbons (Fsp3) is 0. The van der Waals surface area contributed by atoms with Crippen LogP contribution in [-0.2, 0) is 0 Å². The molecule has 2 nitrogen and oxygen atoms in total. The molecule has 0 saturated heterocycles. The summed E-state index contributed by atoms with van der Waals surface area (Å²) in [6, 6.07) is 4.29. The number of nitrogens with two attached hydrogens (primary N) is 1. The van der Waals surface area contributed by atoms with E-state index in [9.17, 15) is 5.11 Å². The molecule has 0 aliphatic carbocycles. The Morgan fingerprint density at radius 3 is 2.40 bits per heavy atom. The minimum atomic E-state index is -0.181. The molecular weight excluding hydrogens is 161 g/mol. The quantitative estimate of drug-likeness (QED) is 0.357. The molecule has 0 fully saturated rings. The number of anilines is 1. The molecule has 2 N–H and O–H groups in total. The molecule has 0 bridgehead atoms. The predicted molar refractivity (Wildman–Crippen MR) is 35.3 cm³/mol. The van der Waals surface area contributed by atoms with Gasteiger partial charge in [-0.1, -0.05) is 23.4 Å². The van der Waals surface area contributed by atoms with Crippen molar-refractivity contribution in [3.63, 3.8) is 0 Å². The van der Waals surface area contributed by atoms with E-state index < -0.39 is 0 Å². The van der Waals surface area contributed by atoms with E-state index in [4.69, 9.17) is 17.3 Å². The Labute approximate surface area is 86.3 Å². The van der Waals surface area contributed by atoms with Crippen molar-refractivity contribution in [3.05, 3.63) is 23.2 Å². The first kappa shape index (κ1) is 10.1. The summed E-state index contributed by atoms with van der Waals surface area (Å²) >= 11 is 5.50. The summed E-state index contributed by atoms with van der Waals surface area (Å²) in [5.41, 5.74) is 5.42. The van der Waals surface area contributed by atoms with Gasteiger partial charge >= 0.3 is 29.6 Å². The molecule has 0 heterocycles. The standard InChI is InChI=1S/C6H6ClNO.Na/c7-4-1-2-6(9)5(8)3-4;/h1-3,9H,8H2;/q;+1/p-1. The van der Waals surface area contributed by atoms with Crippen molar-refractivity contribution < 1.29 is 34.7 Å². The number of hydrogen-bond acceptors (Lipinski definition) is 2. The van der Waals surface area contributed by atoms with Crippen molar-refractivity contribution in [1.29, 1.82) is 0 Å². The zero-order chi connectivity index (χ0) is 6.85. The van der Waals surface area contributed by atoms with Crippen LogP contribution in [0.3, 0.4) is 0 Å². The maximum absolute atomic E-state index is 10.6. The number of rotatable bonds is 0. The smallest absolute Gasteiger partial charge is 0.871 e. The summed E-state index contributed by atoms with van der Waals surface area (Å²) in [6.07, 6.45) is 0. The molecule has 0 saturated carbocycles. The number of nitrogen functional groups attached to an aromatic ring is 1. The summed E-state index contributed by atoms with van der Waals surface area (Å²) in [4.78, 5) is 0. The van der Waals surface area contributed by atoms with Gasteiger partial charge in [-0.05, 0) is 12.1 Å². The first-order valence-corrected chi connectivity index (χ1v) is 2.80. The maximum atomic E-state index is 10.6. The SMILES string of the molecule is Nc1cc(Cl)ccc1[O-].[Na+]. The Hall–Kier alpha value is 0.110. The van der Waals surface area contributed by atoms with Gasteiger partial charge in [0.15, 0.2) is 0 Å². The molecule has 48 valence electrons. The minimum Gasteiger partial charge on any atom is -0.871 e. The van der Waals surface area contributed by atoms with Gasteiger partial charge in [-0.15, -0.1) is 0 Å². The van der Waals surface area contributed by atoms with Crippen LogP contribution in [0.4, 0.5) is 5.69 Å². The van der Waals surface area contributed by atoms with Crippen LogP contribution in [0.1, 0.15) is 0 Å². The van der Waals surface area contributed by atoms with Gasteiger partial charge in [-0.3, -0.25) is 0 Å². The summed E-state index contributed by atoms with van der Waals surface area (Å²) in [7, 11) is 0.